The van der Waals surface area contributed by atoms with Gasteiger partial charge in [0.25, 0.3) is 5.56 Å². The topological polar surface area (TPSA) is 51.0 Å². The van der Waals surface area contributed by atoms with E-state index in [0.29, 0.717) is 6.67 Å². The van der Waals surface area contributed by atoms with Crippen molar-refractivity contribution in [1.82, 2.24) is 19.7 Å². The summed E-state index contributed by atoms with van der Waals surface area (Å²) in [4.78, 5) is 18.4. The highest BCUT2D eigenvalue weighted by molar-refractivity contribution is 6.41. The molecule has 1 aliphatic heterocycles. The second-order valence-electron chi connectivity index (χ2n) is 5.01. The molecule has 1 aliphatic rings. The van der Waals surface area contributed by atoms with Crippen LogP contribution in [0.5, 0.6) is 0 Å². The Morgan fingerprint density at radius 2 is 2.19 bits per heavy atom. The van der Waals surface area contributed by atoms with Crippen molar-refractivity contribution in [2.75, 3.05) is 6.54 Å². The Morgan fingerprint density at radius 3 is 2.95 bits per heavy atom. The van der Waals surface area contributed by atoms with E-state index >= 15 is 0 Å². The summed E-state index contributed by atoms with van der Waals surface area (Å²) in [6.45, 7) is 1.31. The molecule has 0 bridgehead atoms. The van der Waals surface area contributed by atoms with Gasteiger partial charge in [-0.3, -0.25) is 14.7 Å². The van der Waals surface area contributed by atoms with Crippen LogP contribution >= 0.6 is 23.2 Å². The molecular formula is C14H14Cl2N4O. The van der Waals surface area contributed by atoms with Gasteiger partial charge in [-0.1, -0.05) is 29.3 Å². The maximum absolute atomic E-state index is 12.1. The van der Waals surface area contributed by atoms with Crippen molar-refractivity contribution >= 4 is 23.2 Å². The van der Waals surface area contributed by atoms with Crippen molar-refractivity contribution in [3.63, 3.8) is 0 Å². The van der Waals surface area contributed by atoms with Crippen LogP contribution in [0.1, 0.15) is 24.4 Å². The molecular weight excluding hydrogens is 311 g/mol. The van der Waals surface area contributed by atoms with Crippen LogP contribution in [0.15, 0.2) is 35.5 Å². The number of halogens is 2. The second-order valence-corrected chi connectivity index (χ2v) is 5.79. The van der Waals surface area contributed by atoms with Crippen molar-refractivity contribution in [2.45, 2.75) is 25.6 Å². The van der Waals surface area contributed by atoms with Crippen molar-refractivity contribution in [3.8, 4) is 0 Å². The highest BCUT2D eigenvalue weighted by Gasteiger charge is 2.27. The molecule has 1 saturated heterocycles. The first-order valence-electron chi connectivity index (χ1n) is 6.72. The standard InChI is InChI=1S/C14H14Cl2N4O/c15-11-8-18-20(14(21)13(11)16)9-19-6-2-4-12(19)10-3-1-5-17-7-10/h1,3,5,7-8,12H,2,4,6,9H2. The molecule has 0 radical (unpaired) electrons. The third kappa shape index (κ3) is 2.95. The van der Waals surface area contributed by atoms with Crippen LogP contribution in [0.25, 0.3) is 0 Å². The zero-order valence-corrected chi connectivity index (χ0v) is 12.8. The third-order valence-corrected chi connectivity index (χ3v) is 4.44. The third-order valence-electron chi connectivity index (χ3n) is 3.69. The summed E-state index contributed by atoms with van der Waals surface area (Å²) in [5.41, 5.74) is 0.795. The van der Waals surface area contributed by atoms with Gasteiger partial charge in [0.15, 0.2) is 0 Å². The predicted molar refractivity (Wildman–Crippen MR) is 81.4 cm³/mol. The van der Waals surface area contributed by atoms with Crippen molar-refractivity contribution < 1.29 is 0 Å². The number of aromatic nitrogens is 3. The molecule has 110 valence electrons. The van der Waals surface area contributed by atoms with Crippen LogP contribution in [0.2, 0.25) is 10.0 Å². The summed E-state index contributed by atoms with van der Waals surface area (Å²) in [6.07, 6.45) is 7.15. The summed E-state index contributed by atoms with van der Waals surface area (Å²) in [7, 11) is 0. The molecule has 0 aromatic carbocycles. The molecule has 5 nitrogen and oxygen atoms in total. The lowest BCUT2D eigenvalue weighted by Crippen LogP contribution is -2.33. The smallest absolute Gasteiger partial charge is 0.277 e. The first-order chi connectivity index (χ1) is 10.2. The van der Waals surface area contributed by atoms with Gasteiger partial charge in [0.2, 0.25) is 0 Å². The van der Waals surface area contributed by atoms with Crippen LogP contribution in [0.4, 0.5) is 0 Å². The average Bonchev–Trinajstić information content (AvgIpc) is 2.97. The summed E-state index contributed by atoms with van der Waals surface area (Å²) in [5, 5.41) is 4.26. The molecule has 7 heteroatoms. The van der Waals surface area contributed by atoms with Gasteiger partial charge in [-0.2, -0.15) is 5.10 Å². The Kier molecular flexibility index (Phi) is 4.24. The number of nitrogens with zero attached hydrogens (tertiary/aromatic N) is 4. The minimum Gasteiger partial charge on any atom is -0.277 e. The molecule has 2 aromatic rings. The largest absolute Gasteiger partial charge is 0.288 e. The average molecular weight is 325 g/mol. The maximum Gasteiger partial charge on any atom is 0.288 e. The Labute approximate surface area is 132 Å². The summed E-state index contributed by atoms with van der Waals surface area (Å²) >= 11 is 11.7. The zero-order chi connectivity index (χ0) is 14.8. The molecule has 21 heavy (non-hydrogen) atoms. The fourth-order valence-corrected chi connectivity index (χ4v) is 2.93. The zero-order valence-electron chi connectivity index (χ0n) is 11.2. The SMILES string of the molecule is O=c1c(Cl)c(Cl)cnn1CN1CCCC1c1cccnc1. The minimum atomic E-state index is -0.360. The molecule has 0 amide bonds. The fourth-order valence-electron chi connectivity index (χ4n) is 2.66. The van der Waals surface area contributed by atoms with E-state index in [2.05, 4.69) is 21.0 Å². The minimum absolute atomic E-state index is 0.0174. The number of pyridine rings is 1. The van der Waals surface area contributed by atoms with Gasteiger partial charge in [-0.15, -0.1) is 0 Å². The van der Waals surface area contributed by atoms with E-state index in [0.717, 1.165) is 24.9 Å². The van der Waals surface area contributed by atoms with Crippen LogP contribution < -0.4 is 5.56 Å². The Hall–Kier alpha value is -1.43. The normalized spacial score (nSPS) is 19.0. The summed E-state index contributed by atoms with van der Waals surface area (Å²) in [5.74, 6) is 0. The van der Waals surface area contributed by atoms with Crippen LogP contribution in [0.3, 0.4) is 0 Å². The molecule has 3 rings (SSSR count). The first-order valence-corrected chi connectivity index (χ1v) is 7.47. The van der Waals surface area contributed by atoms with E-state index < -0.39 is 0 Å². The Morgan fingerprint density at radius 1 is 1.33 bits per heavy atom. The highest BCUT2D eigenvalue weighted by Crippen LogP contribution is 2.31. The number of rotatable bonds is 3. The molecule has 0 aliphatic carbocycles. The van der Waals surface area contributed by atoms with E-state index in [1.54, 1.807) is 6.20 Å². The molecule has 0 spiro atoms. The molecule has 3 heterocycles. The van der Waals surface area contributed by atoms with Crippen LogP contribution in [0, 0.1) is 0 Å². The van der Waals surface area contributed by atoms with Gasteiger partial charge in [0.1, 0.15) is 5.02 Å². The van der Waals surface area contributed by atoms with Crippen molar-refractivity contribution in [3.05, 3.63) is 56.7 Å². The second kappa shape index (κ2) is 6.13. The van der Waals surface area contributed by atoms with Gasteiger partial charge in [0.05, 0.1) is 17.9 Å². The number of hydrogen-bond donors (Lipinski definition) is 0. The highest BCUT2D eigenvalue weighted by atomic mass is 35.5. The predicted octanol–water partition coefficient (Wildman–Crippen LogP) is 2.74. The van der Waals surface area contributed by atoms with Gasteiger partial charge in [-0.05, 0) is 24.5 Å². The lowest BCUT2D eigenvalue weighted by Gasteiger charge is -2.24. The lowest BCUT2D eigenvalue weighted by molar-refractivity contribution is 0.186. The molecule has 0 saturated carbocycles. The van der Waals surface area contributed by atoms with E-state index in [-0.39, 0.29) is 21.6 Å². The number of hydrogen-bond acceptors (Lipinski definition) is 4. The van der Waals surface area contributed by atoms with Crippen molar-refractivity contribution in [1.29, 1.82) is 0 Å². The monoisotopic (exact) mass is 324 g/mol. The summed E-state index contributed by atoms with van der Waals surface area (Å²) in [6, 6.07) is 4.23. The molecule has 2 aromatic heterocycles. The Balaban J connectivity index is 1.85. The van der Waals surface area contributed by atoms with Crippen LogP contribution in [-0.2, 0) is 6.67 Å². The molecule has 1 fully saturated rings. The molecule has 0 N–H and O–H groups in total. The van der Waals surface area contributed by atoms with E-state index in [1.807, 2.05) is 12.3 Å². The quantitative estimate of drug-likeness (QED) is 0.871. The van der Waals surface area contributed by atoms with Gasteiger partial charge in [-0.25, -0.2) is 4.68 Å². The maximum atomic E-state index is 12.1. The van der Waals surface area contributed by atoms with E-state index in [4.69, 9.17) is 23.2 Å². The first kappa shape index (κ1) is 14.5. The van der Waals surface area contributed by atoms with Gasteiger partial charge >= 0.3 is 0 Å². The Bertz CT molecular complexity index is 689. The summed E-state index contributed by atoms with van der Waals surface area (Å²) < 4.78 is 1.35. The van der Waals surface area contributed by atoms with E-state index in [1.165, 1.54) is 10.9 Å². The van der Waals surface area contributed by atoms with Gasteiger partial charge < -0.3 is 0 Å². The fraction of sp³-hybridized carbons (Fsp3) is 0.357. The molecule has 1 unspecified atom stereocenters. The van der Waals surface area contributed by atoms with E-state index in [9.17, 15) is 4.79 Å². The van der Waals surface area contributed by atoms with Gasteiger partial charge in [0, 0.05) is 25.0 Å². The lowest BCUT2D eigenvalue weighted by atomic mass is 10.1. The van der Waals surface area contributed by atoms with Crippen molar-refractivity contribution in [2.24, 2.45) is 0 Å². The molecule has 1 atom stereocenters. The van der Waals surface area contributed by atoms with Crippen LogP contribution in [-0.4, -0.2) is 26.2 Å². The number of likely N-dealkylation sites (tertiary alicyclic amines) is 1.